The van der Waals surface area contributed by atoms with Crippen LogP contribution in [-0.4, -0.2) is 26.6 Å². The van der Waals surface area contributed by atoms with Crippen LogP contribution in [-0.2, 0) is 10.0 Å². The molecule has 1 N–H and O–H groups in total. The van der Waals surface area contributed by atoms with Gasteiger partial charge in [-0.2, -0.15) is 0 Å². The Kier molecular flexibility index (Phi) is 6.56. The predicted molar refractivity (Wildman–Crippen MR) is 123 cm³/mol. The third-order valence-electron chi connectivity index (χ3n) is 5.80. The molecule has 5 nitrogen and oxygen atoms in total. The summed E-state index contributed by atoms with van der Waals surface area (Å²) in [6.07, 6.45) is 1.52. The molecule has 1 saturated heterocycles. The van der Waals surface area contributed by atoms with E-state index in [1.165, 1.54) is 9.87 Å². The van der Waals surface area contributed by atoms with E-state index in [0.717, 1.165) is 23.1 Å². The molecular formula is C24H32N2O3S. The highest BCUT2D eigenvalue weighted by Crippen LogP contribution is 2.29. The van der Waals surface area contributed by atoms with E-state index in [0.29, 0.717) is 24.2 Å². The van der Waals surface area contributed by atoms with E-state index in [2.05, 4.69) is 51.2 Å². The number of anilines is 1. The highest BCUT2D eigenvalue weighted by molar-refractivity contribution is 7.92. The van der Waals surface area contributed by atoms with Gasteiger partial charge in [-0.05, 0) is 68.4 Å². The van der Waals surface area contributed by atoms with Crippen molar-refractivity contribution in [2.24, 2.45) is 5.92 Å². The quantitative estimate of drug-likeness (QED) is 0.753. The zero-order valence-corrected chi connectivity index (χ0v) is 19.3. The molecule has 0 bridgehead atoms. The summed E-state index contributed by atoms with van der Waals surface area (Å²) in [7, 11) is -3.33. The molecule has 2 aromatic rings. The lowest BCUT2D eigenvalue weighted by molar-refractivity contribution is 0.0925. The van der Waals surface area contributed by atoms with Crippen molar-refractivity contribution < 1.29 is 13.2 Å². The second-order valence-electron chi connectivity index (χ2n) is 8.65. The Hall–Kier alpha value is -2.34. The van der Waals surface area contributed by atoms with E-state index >= 15 is 0 Å². The van der Waals surface area contributed by atoms with Crippen molar-refractivity contribution in [3.8, 4) is 0 Å². The van der Waals surface area contributed by atoms with Crippen molar-refractivity contribution in [3.05, 3.63) is 64.2 Å². The van der Waals surface area contributed by atoms with Crippen molar-refractivity contribution in [2.45, 2.75) is 53.5 Å². The molecule has 1 fully saturated rings. The van der Waals surface area contributed by atoms with Gasteiger partial charge in [0, 0.05) is 12.1 Å². The minimum Gasteiger partial charge on any atom is -0.345 e. The number of benzene rings is 2. The van der Waals surface area contributed by atoms with Gasteiger partial charge in [-0.15, -0.1) is 0 Å². The Morgan fingerprint density at radius 2 is 1.73 bits per heavy atom. The summed E-state index contributed by atoms with van der Waals surface area (Å²) in [5, 5.41) is 3.17. The van der Waals surface area contributed by atoms with Crippen molar-refractivity contribution in [2.75, 3.05) is 16.6 Å². The summed E-state index contributed by atoms with van der Waals surface area (Å²) in [5.74, 6) is 0.178. The number of carbonyl (C=O) groups is 1. The van der Waals surface area contributed by atoms with Crippen LogP contribution in [0.3, 0.4) is 0 Å². The largest absolute Gasteiger partial charge is 0.345 e. The van der Waals surface area contributed by atoms with Crippen molar-refractivity contribution >= 4 is 21.6 Å². The summed E-state index contributed by atoms with van der Waals surface area (Å²) < 4.78 is 26.6. The standard InChI is InChI=1S/C24H32N2O3S/c1-16(2)23(21-11-8-17(3)14-19(21)5)25-24(27)20-10-9-18(4)22(15-20)26-12-6-7-13-30(26,28)29/h8-11,14-16,23H,6-7,12-13H2,1-5H3,(H,25,27). The molecule has 1 heterocycles. The summed E-state index contributed by atoms with van der Waals surface area (Å²) in [6.45, 7) is 10.6. The van der Waals surface area contributed by atoms with Gasteiger partial charge in [0.2, 0.25) is 10.0 Å². The van der Waals surface area contributed by atoms with Crippen LogP contribution < -0.4 is 9.62 Å². The lowest BCUT2D eigenvalue weighted by Crippen LogP contribution is -2.38. The van der Waals surface area contributed by atoms with Crippen LogP contribution in [0.4, 0.5) is 5.69 Å². The number of amides is 1. The molecule has 0 spiro atoms. The van der Waals surface area contributed by atoms with Gasteiger partial charge in [0.25, 0.3) is 5.91 Å². The number of nitrogens with zero attached hydrogens (tertiary/aromatic N) is 1. The van der Waals surface area contributed by atoms with Crippen molar-refractivity contribution in [1.82, 2.24) is 5.32 Å². The second-order valence-corrected chi connectivity index (χ2v) is 10.7. The molecule has 30 heavy (non-hydrogen) atoms. The van der Waals surface area contributed by atoms with Gasteiger partial charge in [0.1, 0.15) is 0 Å². The van der Waals surface area contributed by atoms with Gasteiger partial charge < -0.3 is 5.32 Å². The van der Waals surface area contributed by atoms with Gasteiger partial charge in [-0.25, -0.2) is 8.42 Å². The molecule has 0 radical (unpaired) electrons. The number of sulfonamides is 1. The Balaban J connectivity index is 1.91. The first-order valence-corrected chi connectivity index (χ1v) is 12.2. The second kappa shape index (κ2) is 8.80. The molecule has 1 aliphatic heterocycles. The van der Waals surface area contributed by atoms with E-state index in [1.54, 1.807) is 12.1 Å². The van der Waals surface area contributed by atoms with Crippen molar-refractivity contribution in [3.63, 3.8) is 0 Å². The smallest absolute Gasteiger partial charge is 0.251 e. The van der Waals surface area contributed by atoms with Crippen molar-refractivity contribution in [1.29, 1.82) is 0 Å². The van der Waals surface area contributed by atoms with Crippen LogP contribution in [0.15, 0.2) is 36.4 Å². The molecule has 2 aromatic carbocycles. The summed E-state index contributed by atoms with van der Waals surface area (Å²) in [4.78, 5) is 13.1. The maximum Gasteiger partial charge on any atom is 0.251 e. The minimum absolute atomic E-state index is 0.124. The number of rotatable bonds is 5. The first-order valence-electron chi connectivity index (χ1n) is 10.6. The van der Waals surface area contributed by atoms with Gasteiger partial charge in [0.15, 0.2) is 0 Å². The molecule has 0 aliphatic carbocycles. The fraction of sp³-hybridized carbons (Fsp3) is 0.458. The molecule has 6 heteroatoms. The van der Waals surface area contributed by atoms with E-state index in [9.17, 15) is 13.2 Å². The third-order valence-corrected chi connectivity index (χ3v) is 7.66. The van der Waals surface area contributed by atoms with E-state index in [-0.39, 0.29) is 23.6 Å². The number of nitrogens with one attached hydrogen (secondary N) is 1. The molecule has 1 amide bonds. The first kappa shape index (κ1) is 22.3. The van der Waals surface area contributed by atoms with E-state index in [1.807, 2.05) is 13.0 Å². The van der Waals surface area contributed by atoms with Crippen LogP contribution in [0.5, 0.6) is 0 Å². The first-order chi connectivity index (χ1) is 14.1. The summed E-state index contributed by atoms with van der Waals surface area (Å²) in [5.41, 5.74) is 5.39. The summed E-state index contributed by atoms with van der Waals surface area (Å²) >= 11 is 0. The lowest BCUT2D eigenvalue weighted by atomic mass is 9.91. The molecule has 0 saturated carbocycles. The van der Waals surface area contributed by atoms with E-state index in [4.69, 9.17) is 0 Å². The maximum atomic E-state index is 13.1. The number of aryl methyl sites for hydroxylation is 3. The highest BCUT2D eigenvalue weighted by Gasteiger charge is 2.28. The number of hydrogen-bond donors (Lipinski definition) is 1. The summed E-state index contributed by atoms with van der Waals surface area (Å²) in [6, 6.07) is 11.5. The van der Waals surface area contributed by atoms with Crippen LogP contribution in [0.1, 0.15) is 65.3 Å². The minimum atomic E-state index is -3.33. The van der Waals surface area contributed by atoms with Crippen LogP contribution in [0, 0.1) is 26.7 Å². The molecular weight excluding hydrogens is 396 g/mol. The molecule has 0 aromatic heterocycles. The Labute approximate surface area is 180 Å². The van der Waals surface area contributed by atoms with Crippen LogP contribution in [0.2, 0.25) is 0 Å². The van der Waals surface area contributed by atoms with Crippen LogP contribution >= 0.6 is 0 Å². The Morgan fingerprint density at radius 3 is 2.37 bits per heavy atom. The number of hydrogen-bond acceptors (Lipinski definition) is 3. The maximum absolute atomic E-state index is 13.1. The lowest BCUT2D eigenvalue weighted by Gasteiger charge is -2.30. The highest BCUT2D eigenvalue weighted by atomic mass is 32.2. The van der Waals surface area contributed by atoms with E-state index < -0.39 is 10.0 Å². The number of carbonyl (C=O) groups excluding carboxylic acids is 1. The van der Waals surface area contributed by atoms with Crippen LogP contribution in [0.25, 0.3) is 0 Å². The average molecular weight is 429 g/mol. The molecule has 1 aliphatic rings. The Morgan fingerprint density at radius 1 is 1.00 bits per heavy atom. The molecule has 1 unspecified atom stereocenters. The average Bonchev–Trinajstić information content (AvgIpc) is 2.67. The molecule has 3 rings (SSSR count). The zero-order chi connectivity index (χ0) is 22.1. The van der Waals surface area contributed by atoms with Gasteiger partial charge >= 0.3 is 0 Å². The fourth-order valence-electron chi connectivity index (χ4n) is 4.08. The van der Waals surface area contributed by atoms with Gasteiger partial charge in [0.05, 0.1) is 17.5 Å². The monoisotopic (exact) mass is 428 g/mol. The van der Waals surface area contributed by atoms with Gasteiger partial charge in [-0.1, -0.05) is 43.7 Å². The molecule has 1 atom stereocenters. The Bertz CT molecular complexity index is 1040. The topological polar surface area (TPSA) is 66.5 Å². The molecule has 162 valence electrons. The normalized spacial score (nSPS) is 17.1. The SMILES string of the molecule is Cc1ccc(C(NC(=O)c2ccc(C)c(N3CCCCS3(=O)=O)c2)C(C)C)c(C)c1. The predicted octanol–water partition coefficient (Wildman–Crippen LogP) is 4.67. The fourth-order valence-corrected chi connectivity index (χ4v) is 5.77. The zero-order valence-electron chi connectivity index (χ0n) is 18.5. The third kappa shape index (κ3) is 4.69. The van der Waals surface area contributed by atoms with Gasteiger partial charge in [-0.3, -0.25) is 9.10 Å².